The molecule has 5 N–H and O–H groups in total. The average molecular weight is 406 g/mol. The fourth-order valence-electron chi connectivity index (χ4n) is 3.46. The minimum absolute atomic E-state index is 0.133. The number of aliphatic hydroxyl groups excluding tert-OH is 3. The lowest BCUT2D eigenvalue weighted by Gasteiger charge is -2.34. The standard InChI is InChI=1S/C16H27N2O8P/c1-4-16(3,26-27(24,25)9(2)19)8-10-7-11(14(22)13(10)21)18-6-5-12(20)17-15(18)23/h5-6,9-11,13-14,19,21-22H,4,7-8H2,1-3H3,(H,24,25)(H,17,20,23)/t9?,10-,11-,13-,14+,16?/m1/s1. The molecule has 1 aromatic rings. The van der Waals surface area contributed by atoms with Crippen LogP contribution in [-0.2, 0) is 9.09 Å². The SMILES string of the molecule is CCC(C)(C[C@H]1C[C@@H](n2ccc(=O)[nH]c2=O)[C@H](O)[C@@H]1O)OP(=O)(O)C(C)O. The molecule has 10 nitrogen and oxygen atoms in total. The first-order chi connectivity index (χ1) is 12.4. The Morgan fingerprint density at radius 3 is 2.56 bits per heavy atom. The minimum Gasteiger partial charge on any atom is -0.390 e. The van der Waals surface area contributed by atoms with Gasteiger partial charge < -0.3 is 24.7 Å². The molecule has 2 rings (SSSR count). The number of aromatic amines is 1. The summed E-state index contributed by atoms with van der Waals surface area (Å²) in [6, 6.07) is 0.394. The van der Waals surface area contributed by atoms with Crippen molar-refractivity contribution in [2.45, 2.75) is 69.7 Å². The highest BCUT2D eigenvalue weighted by Crippen LogP contribution is 2.52. The molecule has 11 heteroatoms. The van der Waals surface area contributed by atoms with Crippen molar-refractivity contribution in [2.75, 3.05) is 0 Å². The molecule has 3 unspecified atom stereocenters. The fraction of sp³-hybridized carbons (Fsp3) is 0.750. The van der Waals surface area contributed by atoms with E-state index in [2.05, 4.69) is 4.98 Å². The largest absolute Gasteiger partial charge is 0.390 e. The Balaban J connectivity index is 2.22. The van der Waals surface area contributed by atoms with Gasteiger partial charge >= 0.3 is 13.3 Å². The number of hydrogen-bond donors (Lipinski definition) is 5. The molecule has 0 aromatic carbocycles. The molecule has 0 spiro atoms. The molecule has 0 saturated heterocycles. The van der Waals surface area contributed by atoms with Crippen LogP contribution in [0.15, 0.2) is 21.9 Å². The fourth-order valence-corrected chi connectivity index (χ4v) is 4.45. The summed E-state index contributed by atoms with van der Waals surface area (Å²) >= 11 is 0. The second-order valence-electron chi connectivity index (χ2n) is 7.36. The molecule has 27 heavy (non-hydrogen) atoms. The molecule has 1 aliphatic rings. The van der Waals surface area contributed by atoms with Crippen molar-refractivity contribution >= 4 is 7.60 Å². The summed E-state index contributed by atoms with van der Waals surface area (Å²) in [4.78, 5) is 35.1. The smallest absolute Gasteiger partial charge is 0.356 e. The zero-order chi connectivity index (χ0) is 20.6. The van der Waals surface area contributed by atoms with Gasteiger partial charge in [-0.1, -0.05) is 6.92 Å². The summed E-state index contributed by atoms with van der Waals surface area (Å²) in [5.74, 6) is -2.09. The van der Waals surface area contributed by atoms with Gasteiger partial charge in [0.05, 0.1) is 17.7 Å². The molecule has 7 atom stereocenters. The van der Waals surface area contributed by atoms with Crippen LogP contribution in [0.3, 0.4) is 0 Å². The molecule has 0 bridgehead atoms. The third-order valence-electron chi connectivity index (χ3n) is 5.25. The Bertz CT molecular complexity index is 821. The number of aliphatic hydroxyl groups is 3. The van der Waals surface area contributed by atoms with Crippen molar-refractivity contribution in [1.29, 1.82) is 0 Å². The molecule has 1 aliphatic carbocycles. The van der Waals surface area contributed by atoms with Crippen molar-refractivity contribution in [3.63, 3.8) is 0 Å². The van der Waals surface area contributed by atoms with E-state index in [1.165, 1.54) is 6.20 Å². The van der Waals surface area contributed by atoms with E-state index in [1.807, 2.05) is 0 Å². The molecule has 0 radical (unpaired) electrons. The van der Waals surface area contributed by atoms with Crippen LogP contribution < -0.4 is 11.2 Å². The van der Waals surface area contributed by atoms with Crippen LogP contribution in [0.1, 0.15) is 46.1 Å². The lowest BCUT2D eigenvalue weighted by atomic mass is 9.87. The third-order valence-corrected chi connectivity index (χ3v) is 6.89. The van der Waals surface area contributed by atoms with Crippen molar-refractivity contribution in [1.82, 2.24) is 9.55 Å². The van der Waals surface area contributed by atoms with Gasteiger partial charge in [0, 0.05) is 12.3 Å². The second-order valence-corrected chi connectivity index (χ2v) is 9.41. The number of nitrogens with zero attached hydrogens (tertiary/aromatic N) is 1. The minimum atomic E-state index is -4.26. The number of aromatic nitrogens is 2. The quantitative estimate of drug-likeness (QED) is 0.393. The van der Waals surface area contributed by atoms with Gasteiger partial charge in [-0.2, -0.15) is 0 Å². The van der Waals surface area contributed by atoms with Crippen LogP contribution in [0.2, 0.25) is 0 Å². The van der Waals surface area contributed by atoms with E-state index in [4.69, 9.17) is 4.52 Å². The topological polar surface area (TPSA) is 162 Å². The van der Waals surface area contributed by atoms with Crippen LogP contribution >= 0.6 is 7.60 Å². The average Bonchev–Trinajstić information content (AvgIpc) is 2.82. The summed E-state index contributed by atoms with van der Waals surface area (Å²) in [6.07, 6.45) is -0.516. The molecular weight excluding hydrogens is 379 g/mol. The first-order valence-electron chi connectivity index (χ1n) is 8.79. The van der Waals surface area contributed by atoms with Gasteiger partial charge in [0.1, 0.15) is 6.10 Å². The molecule has 1 saturated carbocycles. The predicted molar refractivity (Wildman–Crippen MR) is 96.4 cm³/mol. The van der Waals surface area contributed by atoms with Crippen molar-refractivity contribution in [3.8, 4) is 0 Å². The molecule has 1 aromatic heterocycles. The normalized spacial score (nSPS) is 31.2. The predicted octanol–water partition coefficient (Wildman–Crippen LogP) is -0.0815. The monoisotopic (exact) mass is 406 g/mol. The molecule has 154 valence electrons. The highest BCUT2D eigenvalue weighted by molar-refractivity contribution is 7.53. The van der Waals surface area contributed by atoms with Gasteiger partial charge in [0.25, 0.3) is 5.56 Å². The van der Waals surface area contributed by atoms with Crippen LogP contribution in [0.25, 0.3) is 0 Å². The number of hydrogen-bond acceptors (Lipinski definition) is 7. The van der Waals surface area contributed by atoms with E-state index < -0.39 is 54.5 Å². The zero-order valence-corrected chi connectivity index (χ0v) is 16.4. The zero-order valence-electron chi connectivity index (χ0n) is 15.5. The summed E-state index contributed by atoms with van der Waals surface area (Å²) in [7, 11) is -4.26. The summed E-state index contributed by atoms with van der Waals surface area (Å²) in [6.45, 7) is 4.49. The van der Waals surface area contributed by atoms with Gasteiger partial charge in [-0.25, -0.2) is 4.79 Å². The molecule has 0 amide bonds. The van der Waals surface area contributed by atoms with Crippen molar-refractivity contribution in [3.05, 3.63) is 33.1 Å². The van der Waals surface area contributed by atoms with E-state index in [1.54, 1.807) is 13.8 Å². The Labute approximate surface area is 156 Å². The lowest BCUT2D eigenvalue weighted by Crippen LogP contribution is -2.37. The highest BCUT2D eigenvalue weighted by atomic mass is 31.2. The Kier molecular flexibility index (Phi) is 6.51. The van der Waals surface area contributed by atoms with Crippen LogP contribution in [-0.4, -0.2) is 53.4 Å². The molecule has 1 fully saturated rings. The summed E-state index contributed by atoms with van der Waals surface area (Å²) in [5.41, 5.74) is -2.38. The number of H-pyrrole nitrogens is 1. The van der Waals surface area contributed by atoms with E-state index in [0.717, 1.165) is 17.6 Å². The van der Waals surface area contributed by atoms with Gasteiger partial charge in [-0.05, 0) is 39.0 Å². The summed E-state index contributed by atoms with van der Waals surface area (Å²) in [5, 5.41) is 30.2. The molecular formula is C16H27N2O8P. The van der Waals surface area contributed by atoms with Crippen molar-refractivity contribution in [2.24, 2.45) is 5.92 Å². The van der Waals surface area contributed by atoms with E-state index in [0.29, 0.717) is 6.42 Å². The van der Waals surface area contributed by atoms with Gasteiger partial charge in [0.15, 0.2) is 5.85 Å². The molecule has 0 aliphatic heterocycles. The first kappa shape index (κ1) is 22.0. The van der Waals surface area contributed by atoms with E-state index in [-0.39, 0.29) is 12.8 Å². The summed E-state index contributed by atoms with van der Waals surface area (Å²) < 4.78 is 18.5. The maximum atomic E-state index is 12.1. The Hall–Kier alpha value is -1.29. The van der Waals surface area contributed by atoms with E-state index in [9.17, 15) is 34.4 Å². The molecule has 1 heterocycles. The number of rotatable bonds is 7. The third kappa shape index (κ3) is 4.77. The van der Waals surface area contributed by atoms with Crippen LogP contribution in [0.4, 0.5) is 0 Å². The van der Waals surface area contributed by atoms with Crippen LogP contribution in [0, 0.1) is 5.92 Å². The first-order valence-corrected chi connectivity index (χ1v) is 10.4. The van der Waals surface area contributed by atoms with Gasteiger partial charge in [0.2, 0.25) is 0 Å². The highest BCUT2D eigenvalue weighted by Gasteiger charge is 2.47. The maximum absolute atomic E-state index is 12.1. The van der Waals surface area contributed by atoms with Crippen molar-refractivity contribution < 1.29 is 29.3 Å². The van der Waals surface area contributed by atoms with Crippen LogP contribution in [0.5, 0.6) is 0 Å². The number of nitrogens with one attached hydrogen (secondary N) is 1. The van der Waals surface area contributed by atoms with Gasteiger partial charge in [-0.3, -0.25) is 18.9 Å². The second kappa shape index (κ2) is 7.98. The van der Waals surface area contributed by atoms with E-state index >= 15 is 0 Å². The van der Waals surface area contributed by atoms with Gasteiger partial charge in [-0.15, -0.1) is 0 Å². The Morgan fingerprint density at radius 1 is 1.41 bits per heavy atom. The lowest BCUT2D eigenvalue weighted by molar-refractivity contribution is -0.0218. The Morgan fingerprint density at radius 2 is 2.04 bits per heavy atom. The maximum Gasteiger partial charge on any atom is 0.356 e.